The molecule has 1 aliphatic rings. The van der Waals surface area contributed by atoms with Crippen LogP contribution in [0.3, 0.4) is 0 Å². The summed E-state index contributed by atoms with van der Waals surface area (Å²) >= 11 is 1.37. The van der Waals surface area contributed by atoms with Gasteiger partial charge in [-0.25, -0.2) is 8.78 Å². The second-order valence-corrected chi connectivity index (χ2v) is 4.60. The van der Waals surface area contributed by atoms with Crippen molar-refractivity contribution in [2.45, 2.75) is 6.42 Å². The molecule has 0 spiro atoms. The Morgan fingerprint density at radius 1 is 1.37 bits per heavy atom. The van der Waals surface area contributed by atoms with Crippen molar-refractivity contribution < 1.29 is 18.3 Å². The Hall–Kier alpha value is -1.76. The maximum absolute atomic E-state index is 13.5. The molecular formula is C12H10F2N2O2S. The maximum Gasteiger partial charge on any atom is 0.213 e. The zero-order valence-corrected chi connectivity index (χ0v) is 11.1. The lowest BCUT2D eigenvalue weighted by Crippen LogP contribution is -2.16. The van der Waals surface area contributed by atoms with E-state index >= 15 is 0 Å². The second kappa shape index (κ2) is 5.48. The molecule has 0 unspecified atom stereocenters. The molecule has 0 bridgehead atoms. The van der Waals surface area contributed by atoms with Crippen molar-refractivity contribution in [3.63, 3.8) is 0 Å². The Labute approximate surface area is 112 Å². The van der Waals surface area contributed by atoms with Crippen LogP contribution in [-0.4, -0.2) is 29.9 Å². The van der Waals surface area contributed by atoms with Crippen molar-refractivity contribution >= 4 is 28.3 Å². The van der Waals surface area contributed by atoms with Crippen LogP contribution in [0.2, 0.25) is 0 Å². The monoisotopic (exact) mass is 284 g/mol. The number of Topliss-reactive ketones (excluding diaryl/α,β-unsaturated/α-hetero) is 1. The maximum atomic E-state index is 13.5. The number of benzene rings is 1. The summed E-state index contributed by atoms with van der Waals surface area (Å²) in [5.41, 5.74) is -0.0380. The van der Waals surface area contributed by atoms with Gasteiger partial charge in [-0.3, -0.25) is 4.79 Å². The van der Waals surface area contributed by atoms with Crippen LogP contribution in [0.4, 0.5) is 8.78 Å². The number of rotatable bonds is 3. The zero-order valence-electron chi connectivity index (χ0n) is 10.2. The molecule has 0 saturated carbocycles. The third-order valence-corrected chi connectivity index (χ3v) is 3.25. The van der Waals surface area contributed by atoms with Gasteiger partial charge in [0.1, 0.15) is 16.6 Å². The first kappa shape index (κ1) is 13.7. The van der Waals surface area contributed by atoms with Crippen molar-refractivity contribution in [3.8, 4) is 5.75 Å². The van der Waals surface area contributed by atoms with Gasteiger partial charge < -0.3 is 4.74 Å². The predicted molar refractivity (Wildman–Crippen MR) is 70.2 cm³/mol. The van der Waals surface area contributed by atoms with Crippen molar-refractivity contribution in [2.24, 2.45) is 10.2 Å². The van der Waals surface area contributed by atoms with E-state index in [0.717, 1.165) is 6.07 Å². The fourth-order valence-electron chi connectivity index (χ4n) is 1.66. The molecule has 0 saturated heterocycles. The number of carbonyl (C=O) groups is 1. The number of ether oxygens (including phenoxy) is 1. The van der Waals surface area contributed by atoms with Gasteiger partial charge in [-0.1, -0.05) is 0 Å². The number of nitrogens with zero attached hydrogens (tertiary/aromatic N) is 2. The zero-order chi connectivity index (χ0) is 14.0. The molecule has 0 aromatic heterocycles. The lowest BCUT2D eigenvalue weighted by molar-refractivity contribution is 0.106. The molecule has 1 aliphatic heterocycles. The largest absolute Gasteiger partial charge is 0.493 e. The van der Waals surface area contributed by atoms with Gasteiger partial charge in [0.15, 0.2) is 11.6 Å². The summed E-state index contributed by atoms with van der Waals surface area (Å²) in [4.78, 5) is 12.2. The van der Waals surface area contributed by atoms with Crippen molar-refractivity contribution in [3.05, 3.63) is 29.3 Å². The molecule has 1 aromatic rings. The molecule has 0 amide bonds. The molecule has 2 rings (SSSR count). The molecule has 0 aliphatic carbocycles. The van der Waals surface area contributed by atoms with Gasteiger partial charge in [-0.15, -0.1) is 16.9 Å². The highest BCUT2D eigenvalue weighted by molar-refractivity contribution is 8.13. The minimum atomic E-state index is -0.921. The Kier molecular flexibility index (Phi) is 3.94. The number of ketones is 1. The highest BCUT2D eigenvalue weighted by Crippen LogP contribution is 2.26. The van der Waals surface area contributed by atoms with Crippen molar-refractivity contribution in [1.82, 2.24) is 0 Å². The van der Waals surface area contributed by atoms with E-state index in [1.54, 1.807) is 0 Å². The van der Waals surface area contributed by atoms with Crippen LogP contribution < -0.4 is 4.74 Å². The lowest BCUT2D eigenvalue weighted by Gasteiger charge is -2.08. The summed E-state index contributed by atoms with van der Waals surface area (Å²) in [5, 5.41) is 8.21. The molecule has 7 heteroatoms. The molecule has 0 fully saturated rings. The van der Waals surface area contributed by atoms with Crippen LogP contribution in [0.5, 0.6) is 5.75 Å². The van der Waals surface area contributed by atoms with Gasteiger partial charge in [0.25, 0.3) is 0 Å². The number of carbonyl (C=O) groups excluding carboxylic acids is 1. The molecule has 1 aromatic carbocycles. The molecule has 0 atom stereocenters. The summed E-state index contributed by atoms with van der Waals surface area (Å²) in [7, 11) is 1.22. The highest BCUT2D eigenvalue weighted by Gasteiger charge is 2.25. The summed E-state index contributed by atoms with van der Waals surface area (Å²) < 4.78 is 31.5. The molecule has 19 heavy (non-hydrogen) atoms. The van der Waals surface area contributed by atoms with Gasteiger partial charge in [0.05, 0.1) is 12.7 Å². The van der Waals surface area contributed by atoms with E-state index in [4.69, 9.17) is 4.74 Å². The van der Waals surface area contributed by atoms with E-state index in [9.17, 15) is 13.6 Å². The van der Waals surface area contributed by atoms with E-state index in [-0.39, 0.29) is 23.4 Å². The minimum Gasteiger partial charge on any atom is -0.493 e. The Morgan fingerprint density at radius 3 is 2.68 bits per heavy atom. The summed E-state index contributed by atoms with van der Waals surface area (Å²) in [5.74, 6) is -2.63. The normalized spacial score (nSPS) is 14.1. The van der Waals surface area contributed by atoms with Gasteiger partial charge in [-0.05, 0) is 12.3 Å². The fourth-order valence-corrected chi connectivity index (χ4v) is 2.06. The predicted octanol–water partition coefficient (Wildman–Crippen LogP) is 2.68. The molecule has 4 nitrogen and oxygen atoms in total. The number of hydrogen-bond donors (Lipinski definition) is 0. The van der Waals surface area contributed by atoms with Gasteiger partial charge in [-0.2, -0.15) is 5.10 Å². The Bertz CT molecular complexity index is 600. The van der Waals surface area contributed by atoms with Crippen LogP contribution >= 0.6 is 11.8 Å². The van der Waals surface area contributed by atoms with E-state index in [1.165, 1.54) is 18.9 Å². The first-order valence-electron chi connectivity index (χ1n) is 5.32. The third-order valence-electron chi connectivity index (χ3n) is 2.56. The molecule has 0 radical (unpaired) electrons. The molecule has 100 valence electrons. The molecule has 1 heterocycles. The molecular weight excluding hydrogens is 274 g/mol. The SMILES string of the molecule is COc1c(F)cc(F)cc1C(=O)C1=NN=C(SC)C1. The number of hydrogen-bond acceptors (Lipinski definition) is 5. The number of thioether (sulfide) groups is 1. The van der Waals surface area contributed by atoms with Crippen LogP contribution in [0.25, 0.3) is 0 Å². The van der Waals surface area contributed by atoms with E-state index in [2.05, 4.69) is 10.2 Å². The Morgan fingerprint density at radius 2 is 2.11 bits per heavy atom. The third kappa shape index (κ3) is 2.65. The average molecular weight is 284 g/mol. The van der Waals surface area contributed by atoms with E-state index in [1.807, 2.05) is 6.26 Å². The smallest absolute Gasteiger partial charge is 0.213 e. The van der Waals surface area contributed by atoms with Gasteiger partial charge in [0, 0.05) is 12.5 Å². The lowest BCUT2D eigenvalue weighted by atomic mass is 10.0. The van der Waals surface area contributed by atoms with Gasteiger partial charge >= 0.3 is 0 Å². The fraction of sp³-hybridized carbons (Fsp3) is 0.250. The summed E-state index contributed by atoms with van der Waals surface area (Å²) in [6, 6.07) is 1.60. The second-order valence-electron chi connectivity index (χ2n) is 3.72. The quantitative estimate of drug-likeness (QED) is 0.802. The minimum absolute atomic E-state index is 0.146. The highest BCUT2D eigenvalue weighted by atomic mass is 32.2. The van der Waals surface area contributed by atoms with E-state index in [0.29, 0.717) is 11.1 Å². The van der Waals surface area contributed by atoms with E-state index < -0.39 is 17.4 Å². The number of halogens is 2. The van der Waals surface area contributed by atoms with Crippen molar-refractivity contribution in [1.29, 1.82) is 0 Å². The molecule has 0 N–H and O–H groups in total. The average Bonchev–Trinajstić information content (AvgIpc) is 2.85. The van der Waals surface area contributed by atoms with Crippen LogP contribution in [-0.2, 0) is 0 Å². The van der Waals surface area contributed by atoms with Gasteiger partial charge in [0.2, 0.25) is 5.78 Å². The van der Waals surface area contributed by atoms with Crippen LogP contribution in [0.15, 0.2) is 22.3 Å². The number of methoxy groups -OCH3 is 1. The topological polar surface area (TPSA) is 51.0 Å². The summed E-state index contributed by atoms with van der Waals surface area (Å²) in [6.07, 6.45) is 2.07. The standard InChI is InChI=1S/C12H10F2N2O2S/c1-18-12-7(3-6(13)4-8(12)14)11(17)9-5-10(19-2)16-15-9/h3-4H,5H2,1-2H3. The Balaban J connectivity index is 2.35. The van der Waals surface area contributed by atoms with Crippen LogP contribution in [0.1, 0.15) is 16.8 Å². The summed E-state index contributed by atoms with van der Waals surface area (Å²) in [6.45, 7) is 0. The van der Waals surface area contributed by atoms with Crippen LogP contribution in [0, 0.1) is 11.6 Å². The van der Waals surface area contributed by atoms with Crippen molar-refractivity contribution in [2.75, 3.05) is 13.4 Å². The first-order chi connectivity index (χ1) is 9.06. The first-order valence-corrected chi connectivity index (χ1v) is 6.54.